The number of amides is 1. The van der Waals surface area contributed by atoms with Crippen molar-refractivity contribution >= 4 is 5.91 Å². The molecule has 0 radical (unpaired) electrons. The van der Waals surface area contributed by atoms with Crippen LogP contribution in [0.5, 0.6) is 0 Å². The summed E-state index contributed by atoms with van der Waals surface area (Å²) in [6, 6.07) is 1.39. The predicted molar refractivity (Wildman–Crippen MR) is 79.9 cm³/mol. The first kappa shape index (κ1) is 16.0. The number of aromatic nitrogens is 1. The summed E-state index contributed by atoms with van der Waals surface area (Å²) in [7, 11) is 0. The first-order valence-electron chi connectivity index (χ1n) is 8.49. The third-order valence-electron chi connectivity index (χ3n) is 5.27. The molecule has 3 aliphatic rings. The highest BCUT2D eigenvalue weighted by Gasteiger charge is 2.43. The molecule has 1 saturated carbocycles. The van der Waals surface area contributed by atoms with Gasteiger partial charge in [0, 0.05) is 51.0 Å². The van der Waals surface area contributed by atoms with Crippen molar-refractivity contribution in [1.29, 1.82) is 0 Å². The molecule has 2 saturated heterocycles. The zero-order chi connectivity index (χ0) is 16.9. The van der Waals surface area contributed by atoms with Crippen LogP contribution in [-0.4, -0.2) is 70.2 Å². The first-order valence-corrected chi connectivity index (χ1v) is 8.49. The highest BCUT2D eigenvalue weighted by Crippen LogP contribution is 2.40. The number of hydrogen-bond acceptors (Lipinski definition) is 5. The van der Waals surface area contributed by atoms with Gasteiger partial charge in [0.05, 0.1) is 12.1 Å². The molecule has 1 aromatic heterocycles. The number of aliphatic hydroxyl groups is 1. The summed E-state index contributed by atoms with van der Waals surface area (Å²) in [6.45, 7) is 1.01. The van der Waals surface area contributed by atoms with Crippen LogP contribution < -0.4 is 0 Å². The van der Waals surface area contributed by atoms with Crippen molar-refractivity contribution in [2.24, 2.45) is 0 Å². The fraction of sp³-hybridized carbons (Fsp3) is 0.750. The summed E-state index contributed by atoms with van der Waals surface area (Å²) in [4.78, 5) is 15.9. The van der Waals surface area contributed by atoms with E-state index in [4.69, 9.17) is 4.52 Å². The minimum atomic E-state index is -2.62. The molecule has 3 fully saturated rings. The summed E-state index contributed by atoms with van der Waals surface area (Å²) >= 11 is 0. The van der Waals surface area contributed by atoms with Gasteiger partial charge < -0.3 is 14.5 Å². The molecule has 24 heavy (non-hydrogen) atoms. The molecule has 1 aliphatic carbocycles. The number of likely N-dealkylation sites (tertiary alicyclic amines) is 2. The Labute approximate surface area is 138 Å². The number of alkyl halides is 2. The number of rotatable bonds is 3. The molecule has 3 heterocycles. The molecule has 4 rings (SSSR count). The average Bonchev–Trinajstić information content (AvgIpc) is 3.15. The third-order valence-corrected chi connectivity index (χ3v) is 5.27. The van der Waals surface area contributed by atoms with Crippen LogP contribution in [0.4, 0.5) is 8.78 Å². The van der Waals surface area contributed by atoms with E-state index in [0.717, 1.165) is 18.6 Å². The summed E-state index contributed by atoms with van der Waals surface area (Å²) < 4.78 is 31.8. The molecule has 0 spiro atoms. The van der Waals surface area contributed by atoms with Crippen LogP contribution in [0.15, 0.2) is 10.6 Å². The molecule has 1 N–H and O–H groups in total. The van der Waals surface area contributed by atoms with E-state index in [2.05, 4.69) is 5.16 Å². The molecule has 0 unspecified atom stereocenters. The number of halogens is 2. The largest absolute Gasteiger partial charge is 0.390 e. The predicted octanol–water partition coefficient (Wildman–Crippen LogP) is 1.47. The van der Waals surface area contributed by atoms with Gasteiger partial charge >= 0.3 is 0 Å². The van der Waals surface area contributed by atoms with Gasteiger partial charge in [-0.15, -0.1) is 0 Å². The maximum Gasteiger partial charge on any atom is 0.276 e. The van der Waals surface area contributed by atoms with Crippen molar-refractivity contribution in [3.63, 3.8) is 0 Å². The van der Waals surface area contributed by atoms with Crippen LogP contribution in [0.2, 0.25) is 0 Å². The van der Waals surface area contributed by atoms with Gasteiger partial charge in [0.2, 0.25) is 0 Å². The minimum Gasteiger partial charge on any atom is -0.390 e. The zero-order valence-corrected chi connectivity index (χ0v) is 13.3. The van der Waals surface area contributed by atoms with E-state index in [-0.39, 0.29) is 50.1 Å². The molecule has 0 bridgehead atoms. The maximum absolute atomic E-state index is 13.3. The second-order valence-corrected chi connectivity index (χ2v) is 7.13. The summed E-state index contributed by atoms with van der Waals surface area (Å²) in [5.41, 5.74) is 0.259. The fourth-order valence-corrected chi connectivity index (χ4v) is 3.59. The van der Waals surface area contributed by atoms with E-state index < -0.39 is 12.0 Å². The topological polar surface area (TPSA) is 69.8 Å². The van der Waals surface area contributed by atoms with Crippen LogP contribution >= 0.6 is 0 Å². The maximum atomic E-state index is 13.3. The number of carbonyl (C=O) groups is 1. The fourth-order valence-electron chi connectivity index (χ4n) is 3.59. The molecule has 1 amide bonds. The molecule has 1 aromatic rings. The van der Waals surface area contributed by atoms with Crippen molar-refractivity contribution < 1.29 is 23.2 Å². The molecule has 2 aliphatic heterocycles. The van der Waals surface area contributed by atoms with Gasteiger partial charge in [0.1, 0.15) is 5.76 Å². The number of piperidine rings is 1. The Morgan fingerprint density at radius 2 is 2.00 bits per heavy atom. The molecular weight excluding hydrogens is 320 g/mol. The van der Waals surface area contributed by atoms with E-state index in [0.29, 0.717) is 12.5 Å². The van der Waals surface area contributed by atoms with Crippen LogP contribution in [0.1, 0.15) is 47.8 Å². The van der Waals surface area contributed by atoms with Gasteiger partial charge in [0.15, 0.2) is 5.69 Å². The van der Waals surface area contributed by atoms with Gasteiger partial charge in [0.25, 0.3) is 11.8 Å². The summed E-state index contributed by atoms with van der Waals surface area (Å²) in [5.74, 6) is -1.76. The van der Waals surface area contributed by atoms with Gasteiger partial charge in [-0.3, -0.25) is 9.69 Å². The van der Waals surface area contributed by atoms with Crippen molar-refractivity contribution in [2.75, 3.05) is 26.2 Å². The van der Waals surface area contributed by atoms with Crippen LogP contribution in [0.25, 0.3) is 0 Å². The lowest BCUT2D eigenvalue weighted by atomic mass is 10.0. The molecule has 6 nitrogen and oxygen atoms in total. The number of aliphatic hydroxyl groups excluding tert-OH is 1. The van der Waals surface area contributed by atoms with Crippen molar-refractivity contribution in [1.82, 2.24) is 15.0 Å². The Morgan fingerprint density at radius 3 is 2.67 bits per heavy atom. The standard InChI is InChI=1S/C16H21F2N3O3/c17-16(18)3-5-20(6-4-16)12-8-21(9-13(12)22)15(23)11-7-14(24-19-11)10-1-2-10/h7,10,12-13,22H,1-6,8-9H2/t12-,13-/m1/s1. The highest BCUT2D eigenvalue weighted by molar-refractivity contribution is 5.92. The molecular formula is C16H21F2N3O3. The Morgan fingerprint density at radius 1 is 1.29 bits per heavy atom. The van der Waals surface area contributed by atoms with Gasteiger partial charge in [-0.25, -0.2) is 8.78 Å². The molecule has 2 atom stereocenters. The van der Waals surface area contributed by atoms with E-state index in [1.54, 1.807) is 6.07 Å². The lowest BCUT2D eigenvalue weighted by Crippen LogP contribution is -2.49. The Kier molecular flexibility index (Phi) is 3.84. The van der Waals surface area contributed by atoms with Crippen LogP contribution in [0, 0.1) is 0 Å². The lowest BCUT2D eigenvalue weighted by Gasteiger charge is -2.36. The SMILES string of the molecule is O=C(c1cc(C2CC2)on1)N1C[C@@H](O)[C@H](N2CCC(F)(F)CC2)C1. The smallest absolute Gasteiger partial charge is 0.276 e. The van der Waals surface area contributed by atoms with Crippen molar-refractivity contribution in [3.05, 3.63) is 17.5 Å². The average molecular weight is 341 g/mol. The second-order valence-electron chi connectivity index (χ2n) is 7.13. The Balaban J connectivity index is 1.39. The van der Waals surface area contributed by atoms with E-state index >= 15 is 0 Å². The number of carbonyl (C=O) groups excluding carboxylic acids is 1. The summed E-state index contributed by atoms with van der Waals surface area (Å²) in [5, 5.41) is 14.1. The Bertz CT molecular complexity index is 622. The van der Waals surface area contributed by atoms with E-state index in [1.807, 2.05) is 4.90 Å². The zero-order valence-electron chi connectivity index (χ0n) is 13.3. The lowest BCUT2D eigenvalue weighted by molar-refractivity contribution is -0.0697. The number of hydrogen-bond donors (Lipinski definition) is 1. The van der Waals surface area contributed by atoms with Crippen LogP contribution in [0.3, 0.4) is 0 Å². The number of β-amino-alcohol motifs (C(OH)–C–C–N with tert-alkyl or cyclic N) is 1. The molecule has 132 valence electrons. The number of nitrogens with zero attached hydrogens (tertiary/aromatic N) is 3. The highest BCUT2D eigenvalue weighted by atomic mass is 19.3. The van der Waals surface area contributed by atoms with E-state index in [1.165, 1.54) is 4.90 Å². The van der Waals surface area contributed by atoms with Gasteiger partial charge in [-0.05, 0) is 12.8 Å². The van der Waals surface area contributed by atoms with Crippen molar-refractivity contribution in [3.8, 4) is 0 Å². The Hall–Kier alpha value is -1.54. The second kappa shape index (κ2) is 5.77. The van der Waals surface area contributed by atoms with Gasteiger partial charge in [-0.1, -0.05) is 5.16 Å². The molecule has 8 heteroatoms. The third kappa shape index (κ3) is 3.04. The van der Waals surface area contributed by atoms with Crippen molar-refractivity contribution in [2.45, 2.75) is 49.7 Å². The molecule has 0 aromatic carbocycles. The minimum absolute atomic E-state index is 0.196. The summed E-state index contributed by atoms with van der Waals surface area (Å²) in [6.07, 6.45) is 1.01. The van der Waals surface area contributed by atoms with Crippen LogP contribution in [-0.2, 0) is 0 Å². The quantitative estimate of drug-likeness (QED) is 0.902. The first-order chi connectivity index (χ1) is 11.4. The van der Waals surface area contributed by atoms with E-state index in [9.17, 15) is 18.7 Å². The normalized spacial score (nSPS) is 30.7. The monoisotopic (exact) mass is 341 g/mol. The van der Waals surface area contributed by atoms with Gasteiger partial charge in [-0.2, -0.15) is 0 Å².